The molecule has 0 unspecified atom stereocenters. The summed E-state index contributed by atoms with van der Waals surface area (Å²) in [7, 11) is 0. The lowest BCUT2D eigenvalue weighted by Crippen LogP contribution is -2.26. The zero-order chi connectivity index (χ0) is 28.5. The van der Waals surface area contributed by atoms with E-state index in [4.69, 9.17) is 28.7 Å². The molecule has 2 aromatic carbocycles. The summed E-state index contributed by atoms with van der Waals surface area (Å²) in [5.41, 5.74) is 3.29. The van der Waals surface area contributed by atoms with E-state index < -0.39 is 12.1 Å². The van der Waals surface area contributed by atoms with Gasteiger partial charge in [0.2, 0.25) is 5.89 Å². The highest BCUT2D eigenvalue weighted by atomic mass is 16.6. The molecular weight excluding hydrogens is 512 g/mol. The van der Waals surface area contributed by atoms with Gasteiger partial charge in [0, 0.05) is 24.9 Å². The van der Waals surface area contributed by atoms with Crippen LogP contribution in [-0.2, 0) is 28.9 Å². The van der Waals surface area contributed by atoms with Crippen molar-refractivity contribution in [2.75, 3.05) is 6.61 Å². The predicted octanol–water partition coefficient (Wildman–Crippen LogP) is 6.24. The van der Waals surface area contributed by atoms with E-state index in [0.717, 1.165) is 46.7 Å². The first-order valence-corrected chi connectivity index (χ1v) is 13.9. The van der Waals surface area contributed by atoms with Gasteiger partial charge in [0.1, 0.15) is 17.3 Å². The van der Waals surface area contributed by atoms with E-state index in [-0.39, 0.29) is 25.2 Å². The molecular formula is C31H38N2O7. The van der Waals surface area contributed by atoms with E-state index in [1.807, 2.05) is 49.4 Å². The maximum atomic E-state index is 12.0. The molecule has 1 aliphatic carbocycles. The van der Waals surface area contributed by atoms with Crippen molar-refractivity contribution in [3.8, 4) is 23.0 Å². The number of benzene rings is 2. The third kappa shape index (κ3) is 8.49. The second-order valence-corrected chi connectivity index (χ2v) is 10.3. The monoisotopic (exact) mass is 550 g/mol. The lowest BCUT2D eigenvalue weighted by atomic mass is 10.0. The number of hydrogen-bond donors (Lipinski definition) is 2. The highest BCUT2D eigenvalue weighted by Crippen LogP contribution is 2.29. The van der Waals surface area contributed by atoms with Gasteiger partial charge < -0.3 is 29.1 Å². The Hall–Kier alpha value is -4.01. The number of nitrogens with one attached hydrogen (secondary N) is 1. The Morgan fingerprint density at radius 2 is 1.88 bits per heavy atom. The van der Waals surface area contributed by atoms with Gasteiger partial charge in [-0.1, -0.05) is 12.1 Å². The number of nitrogens with zero attached hydrogens (tertiary/aromatic N) is 1. The van der Waals surface area contributed by atoms with Gasteiger partial charge >= 0.3 is 12.1 Å². The van der Waals surface area contributed by atoms with Crippen LogP contribution >= 0.6 is 0 Å². The number of carboxylic acids is 1. The molecule has 1 aliphatic rings. The van der Waals surface area contributed by atoms with Crippen LogP contribution in [0, 0.1) is 6.92 Å². The number of carbonyl (C=O) groups excluding carboxylic acids is 1. The van der Waals surface area contributed by atoms with Gasteiger partial charge in [0.05, 0.1) is 24.5 Å². The molecule has 1 fully saturated rings. The molecule has 0 aliphatic heterocycles. The molecule has 0 spiro atoms. The SMILES string of the molecule is Cc1oc(-c2cccc(OC3CCCC3)c2)nc1CCOc1ccc(CCC(=O)O)c(CNC(=O)OC(C)C)c1. The molecule has 4 rings (SSSR count). The molecule has 2 N–H and O–H groups in total. The summed E-state index contributed by atoms with van der Waals surface area (Å²) >= 11 is 0. The molecule has 1 aromatic heterocycles. The number of aliphatic carboxylic acids is 1. The van der Waals surface area contributed by atoms with Crippen LogP contribution in [0.5, 0.6) is 11.5 Å². The van der Waals surface area contributed by atoms with E-state index in [1.54, 1.807) is 13.8 Å². The number of alkyl carbamates (subject to hydrolysis) is 1. The second kappa shape index (κ2) is 13.9. The third-order valence-electron chi connectivity index (χ3n) is 6.74. The number of ether oxygens (including phenoxy) is 3. The minimum absolute atomic E-state index is 0.00692. The van der Waals surface area contributed by atoms with Crippen LogP contribution in [-0.4, -0.2) is 41.0 Å². The fourth-order valence-electron chi connectivity index (χ4n) is 4.72. The highest BCUT2D eigenvalue weighted by molar-refractivity contribution is 5.68. The minimum atomic E-state index is -0.881. The second-order valence-electron chi connectivity index (χ2n) is 10.3. The van der Waals surface area contributed by atoms with Gasteiger partial charge in [0.25, 0.3) is 0 Å². The molecule has 1 saturated carbocycles. The third-order valence-corrected chi connectivity index (χ3v) is 6.74. The maximum Gasteiger partial charge on any atom is 0.407 e. The van der Waals surface area contributed by atoms with Crippen molar-refractivity contribution in [2.24, 2.45) is 0 Å². The standard InChI is InChI=1S/C31H38N2O7/c1-20(2)38-31(36)32-19-24-18-26(13-11-22(24)12-14-29(34)35)37-16-15-28-21(3)39-30(33-28)23-7-6-10-27(17-23)40-25-8-4-5-9-25/h6-7,10-11,13,17-18,20,25H,4-5,8-9,12,14-16,19H2,1-3H3,(H,32,36)(H,34,35). The number of carboxylic acid groups (broad SMARTS) is 1. The van der Waals surface area contributed by atoms with E-state index in [0.29, 0.717) is 31.1 Å². The summed E-state index contributed by atoms with van der Waals surface area (Å²) in [4.78, 5) is 27.8. The average Bonchev–Trinajstić information content (AvgIpc) is 3.56. The average molecular weight is 551 g/mol. The van der Waals surface area contributed by atoms with Crippen molar-refractivity contribution in [1.82, 2.24) is 10.3 Å². The maximum absolute atomic E-state index is 12.0. The van der Waals surface area contributed by atoms with Crippen molar-refractivity contribution < 1.29 is 33.3 Å². The molecule has 40 heavy (non-hydrogen) atoms. The fraction of sp³-hybridized carbons (Fsp3) is 0.452. The molecule has 0 bridgehead atoms. The molecule has 0 radical (unpaired) electrons. The summed E-state index contributed by atoms with van der Waals surface area (Å²) in [5.74, 6) is 1.85. The molecule has 0 saturated heterocycles. The van der Waals surface area contributed by atoms with E-state index >= 15 is 0 Å². The van der Waals surface area contributed by atoms with Crippen molar-refractivity contribution in [2.45, 2.75) is 84.5 Å². The first kappa shape index (κ1) is 29.0. The number of hydrogen-bond acceptors (Lipinski definition) is 7. The number of rotatable bonds is 13. The van der Waals surface area contributed by atoms with Gasteiger partial charge in [-0.15, -0.1) is 0 Å². The van der Waals surface area contributed by atoms with Gasteiger partial charge in [-0.25, -0.2) is 9.78 Å². The van der Waals surface area contributed by atoms with E-state index in [9.17, 15) is 9.59 Å². The van der Waals surface area contributed by atoms with E-state index in [2.05, 4.69) is 5.32 Å². The zero-order valence-electron chi connectivity index (χ0n) is 23.4. The number of oxazole rings is 1. The summed E-state index contributed by atoms with van der Waals surface area (Å²) in [5, 5.41) is 11.8. The van der Waals surface area contributed by atoms with Gasteiger partial charge in [-0.05, 0) is 94.3 Å². The Bertz CT molecular complexity index is 1290. The summed E-state index contributed by atoms with van der Waals surface area (Å²) < 4.78 is 23.2. The highest BCUT2D eigenvalue weighted by Gasteiger charge is 2.18. The summed E-state index contributed by atoms with van der Waals surface area (Å²) in [6.45, 7) is 6.01. The largest absolute Gasteiger partial charge is 0.493 e. The Balaban J connectivity index is 1.37. The first-order chi connectivity index (χ1) is 19.3. The molecule has 1 heterocycles. The number of aromatic nitrogens is 1. The van der Waals surface area contributed by atoms with Gasteiger partial charge in [-0.2, -0.15) is 0 Å². The smallest absolute Gasteiger partial charge is 0.407 e. The lowest BCUT2D eigenvalue weighted by molar-refractivity contribution is -0.136. The van der Waals surface area contributed by atoms with Gasteiger partial charge in [-0.3, -0.25) is 4.79 Å². The van der Waals surface area contributed by atoms with Crippen molar-refractivity contribution in [3.05, 3.63) is 65.0 Å². The molecule has 214 valence electrons. The quantitative estimate of drug-likeness (QED) is 0.256. The predicted molar refractivity (Wildman–Crippen MR) is 150 cm³/mol. The Kier molecular flexibility index (Phi) is 10.0. The van der Waals surface area contributed by atoms with E-state index in [1.165, 1.54) is 12.8 Å². The topological polar surface area (TPSA) is 120 Å². The van der Waals surface area contributed by atoms with Gasteiger partial charge in [0.15, 0.2) is 0 Å². The normalized spacial score (nSPS) is 13.4. The van der Waals surface area contributed by atoms with Crippen molar-refractivity contribution >= 4 is 12.1 Å². The molecule has 9 nitrogen and oxygen atoms in total. The van der Waals surface area contributed by atoms with Crippen LogP contribution in [0.15, 0.2) is 46.9 Å². The van der Waals surface area contributed by atoms with Crippen LogP contribution in [0.1, 0.15) is 68.5 Å². The van der Waals surface area contributed by atoms with Crippen molar-refractivity contribution in [1.29, 1.82) is 0 Å². The zero-order valence-corrected chi connectivity index (χ0v) is 23.4. The van der Waals surface area contributed by atoms with Crippen LogP contribution in [0.3, 0.4) is 0 Å². The first-order valence-electron chi connectivity index (χ1n) is 13.9. The van der Waals surface area contributed by atoms with Crippen LogP contribution < -0.4 is 14.8 Å². The fourth-order valence-corrected chi connectivity index (χ4v) is 4.72. The summed E-state index contributed by atoms with van der Waals surface area (Å²) in [6.07, 6.45) is 5.03. The molecule has 3 aromatic rings. The molecule has 0 atom stereocenters. The number of aryl methyl sites for hydroxylation is 2. The van der Waals surface area contributed by atoms with Crippen LogP contribution in [0.2, 0.25) is 0 Å². The lowest BCUT2D eigenvalue weighted by Gasteiger charge is -2.14. The Morgan fingerprint density at radius 3 is 2.62 bits per heavy atom. The molecule has 9 heteroatoms. The number of carbonyl (C=O) groups is 2. The number of amides is 1. The summed E-state index contributed by atoms with van der Waals surface area (Å²) in [6, 6.07) is 13.3. The van der Waals surface area contributed by atoms with Crippen LogP contribution in [0.25, 0.3) is 11.5 Å². The Morgan fingerprint density at radius 1 is 1.07 bits per heavy atom. The van der Waals surface area contributed by atoms with Crippen LogP contribution in [0.4, 0.5) is 4.79 Å². The molecule has 1 amide bonds. The minimum Gasteiger partial charge on any atom is -0.493 e. The van der Waals surface area contributed by atoms with Crippen molar-refractivity contribution in [3.63, 3.8) is 0 Å². The Labute approximate surface area is 234 Å².